The molecule has 37 heavy (non-hydrogen) atoms. The van der Waals surface area contributed by atoms with Crippen LogP contribution in [0.15, 0.2) is 75.8 Å². The van der Waals surface area contributed by atoms with Gasteiger partial charge in [-0.25, -0.2) is 0 Å². The SMILES string of the molecule is CN(C(=O)C1=C[C@H](c2coc3ccccc3c2=O)C[C@H](OCc2ccc(CO)cc2)O1)C1CCCCC1. The molecule has 1 fully saturated rings. The molecule has 2 aliphatic rings. The average Bonchev–Trinajstić information content (AvgIpc) is 2.96. The van der Waals surface area contributed by atoms with E-state index in [-0.39, 0.29) is 36.4 Å². The van der Waals surface area contributed by atoms with Crippen LogP contribution in [0.5, 0.6) is 0 Å². The monoisotopic (exact) mass is 503 g/mol. The van der Waals surface area contributed by atoms with Crippen LogP contribution in [0, 0.1) is 0 Å². The first-order chi connectivity index (χ1) is 18.0. The number of carbonyl (C=O) groups excluding carboxylic acids is 1. The maximum Gasteiger partial charge on any atom is 0.288 e. The molecule has 194 valence electrons. The van der Waals surface area contributed by atoms with Crippen LogP contribution in [-0.2, 0) is 27.5 Å². The molecule has 0 saturated heterocycles. The summed E-state index contributed by atoms with van der Waals surface area (Å²) >= 11 is 0. The van der Waals surface area contributed by atoms with Crippen LogP contribution >= 0.6 is 0 Å². The van der Waals surface area contributed by atoms with Crippen molar-refractivity contribution in [1.82, 2.24) is 4.90 Å². The number of hydrogen-bond acceptors (Lipinski definition) is 6. The van der Waals surface area contributed by atoms with Crippen molar-refractivity contribution in [3.8, 4) is 0 Å². The summed E-state index contributed by atoms with van der Waals surface area (Å²) in [5, 5.41) is 9.79. The Bertz CT molecular complexity index is 1320. The molecule has 0 radical (unpaired) electrons. The van der Waals surface area contributed by atoms with Gasteiger partial charge in [0.2, 0.25) is 6.29 Å². The minimum absolute atomic E-state index is 0.0202. The molecule has 1 aliphatic carbocycles. The van der Waals surface area contributed by atoms with Crippen molar-refractivity contribution in [2.24, 2.45) is 0 Å². The molecule has 1 amide bonds. The van der Waals surface area contributed by atoms with E-state index >= 15 is 0 Å². The molecule has 0 unspecified atom stereocenters. The van der Waals surface area contributed by atoms with Gasteiger partial charge in [0.25, 0.3) is 5.91 Å². The quantitative estimate of drug-likeness (QED) is 0.488. The minimum Gasteiger partial charge on any atom is -0.464 e. The first-order valence-corrected chi connectivity index (χ1v) is 13.0. The van der Waals surface area contributed by atoms with Gasteiger partial charge >= 0.3 is 0 Å². The van der Waals surface area contributed by atoms with Crippen LogP contribution in [0.4, 0.5) is 0 Å². The van der Waals surface area contributed by atoms with E-state index in [1.54, 1.807) is 23.1 Å². The van der Waals surface area contributed by atoms with Gasteiger partial charge in [-0.1, -0.05) is 55.7 Å². The Morgan fingerprint density at radius 2 is 1.78 bits per heavy atom. The largest absolute Gasteiger partial charge is 0.464 e. The highest BCUT2D eigenvalue weighted by Crippen LogP contribution is 2.33. The van der Waals surface area contributed by atoms with Crippen molar-refractivity contribution in [3.05, 3.63) is 93.5 Å². The van der Waals surface area contributed by atoms with Crippen molar-refractivity contribution in [1.29, 1.82) is 0 Å². The van der Waals surface area contributed by atoms with Crippen LogP contribution in [0.3, 0.4) is 0 Å². The molecule has 0 spiro atoms. The van der Waals surface area contributed by atoms with Gasteiger partial charge in [0, 0.05) is 31.0 Å². The molecular weight excluding hydrogens is 470 g/mol. The highest BCUT2D eigenvalue weighted by Gasteiger charge is 2.33. The van der Waals surface area contributed by atoms with E-state index in [0.717, 1.165) is 36.8 Å². The lowest BCUT2D eigenvalue weighted by atomic mass is 9.92. The third-order valence-electron chi connectivity index (χ3n) is 7.46. The number of amides is 1. The summed E-state index contributed by atoms with van der Waals surface area (Å²) in [6.07, 6.45) is 8.31. The number of ether oxygens (including phenoxy) is 2. The van der Waals surface area contributed by atoms with E-state index < -0.39 is 12.2 Å². The van der Waals surface area contributed by atoms with Gasteiger partial charge in [0.05, 0.1) is 24.9 Å². The molecule has 2 heterocycles. The second kappa shape index (κ2) is 11.3. The Morgan fingerprint density at radius 3 is 2.54 bits per heavy atom. The van der Waals surface area contributed by atoms with Crippen molar-refractivity contribution in [2.45, 2.75) is 70.0 Å². The second-order valence-electron chi connectivity index (χ2n) is 9.93. The maximum atomic E-state index is 13.5. The molecular formula is C30H33NO6. The molecule has 2 aromatic carbocycles. The van der Waals surface area contributed by atoms with Crippen LogP contribution in [0.2, 0.25) is 0 Å². The number of aliphatic hydroxyl groups excluding tert-OH is 1. The number of nitrogens with zero attached hydrogens (tertiary/aromatic N) is 1. The molecule has 1 N–H and O–H groups in total. The van der Waals surface area contributed by atoms with Crippen molar-refractivity contribution in [3.63, 3.8) is 0 Å². The first kappa shape index (κ1) is 25.2. The van der Waals surface area contributed by atoms with Crippen molar-refractivity contribution >= 4 is 16.9 Å². The van der Waals surface area contributed by atoms with E-state index in [2.05, 4.69) is 0 Å². The van der Waals surface area contributed by atoms with Crippen LogP contribution in [0.1, 0.15) is 61.1 Å². The molecule has 2 atom stereocenters. The number of benzene rings is 2. The summed E-state index contributed by atoms with van der Waals surface area (Å²) in [5.74, 6) is -0.379. The van der Waals surface area contributed by atoms with Crippen molar-refractivity contribution in [2.75, 3.05) is 7.05 Å². The zero-order chi connectivity index (χ0) is 25.8. The fraction of sp³-hybridized carbons (Fsp3) is 0.400. The predicted molar refractivity (Wildman–Crippen MR) is 140 cm³/mol. The highest BCUT2D eigenvalue weighted by atomic mass is 16.7. The van der Waals surface area contributed by atoms with Gasteiger partial charge in [0.1, 0.15) is 5.58 Å². The Hall–Kier alpha value is -3.42. The molecule has 1 aromatic heterocycles. The third kappa shape index (κ3) is 5.63. The number of likely N-dealkylation sites (N-methyl/N-ethyl adjacent to an activating group) is 1. The Morgan fingerprint density at radius 1 is 1.05 bits per heavy atom. The first-order valence-electron chi connectivity index (χ1n) is 13.0. The van der Waals surface area contributed by atoms with Gasteiger partial charge in [-0.3, -0.25) is 9.59 Å². The lowest BCUT2D eigenvalue weighted by molar-refractivity contribution is -0.156. The van der Waals surface area contributed by atoms with Crippen LogP contribution in [-0.4, -0.2) is 35.3 Å². The summed E-state index contributed by atoms with van der Waals surface area (Å²) in [6, 6.07) is 14.8. The van der Waals surface area contributed by atoms with E-state index in [1.807, 2.05) is 43.4 Å². The molecule has 1 saturated carbocycles. The van der Waals surface area contributed by atoms with Gasteiger partial charge in [-0.15, -0.1) is 0 Å². The topological polar surface area (TPSA) is 89.2 Å². The molecule has 3 aromatic rings. The molecule has 7 nitrogen and oxygen atoms in total. The summed E-state index contributed by atoms with van der Waals surface area (Å²) in [5.41, 5.74) is 2.63. The molecule has 1 aliphatic heterocycles. The van der Waals surface area contributed by atoms with Crippen LogP contribution in [0.25, 0.3) is 11.0 Å². The lowest BCUT2D eigenvalue weighted by Gasteiger charge is -2.34. The zero-order valence-electron chi connectivity index (χ0n) is 21.1. The number of rotatable bonds is 7. The van der Waals surface area contributed by atoms with Gasteiger partial charge in [0.15, 0.2) is 11.2 Å². The Labute approximate surface area is 216 Å². The van der Waals surface area contributed by atoms with E-state index in [0.29, 0.717) is 23.0 Å². The molecule has 7 heteroatoms. The maximum absolute atomic E-state index is 13.5. The summed E-state index contributed by atoms with van der Waals surface area (Å²) in [4.78, 5) is 28.6. The molecule has 0 bridgehead atoms. The number of allylic oxidation sites excluding steroid dienone is 1. The summed E-state index contributed by atoms with van der Waals surface area (Å²) < 4.78 is 18.0. The zero-order valence-corrected chi connectivity index (χ0v) is 21.1. The van der Waals surface area contributed by atoms with Crippen LogP contribution < -0.4 is 5.43 Å². The minimum atomic E-state index is -0.711. The predicted octanol–water partition coefficient (Wildman–Crippen LogP) is 5.01. The van der Waals surface area contributed by atoms with Crippen molar-refractivity contribution < 1.29 is 23.8 Å². The Balaban J connectivity index is 1.41. The number of carbonyl (C=O) groups is 1. The second-order valence-corrected chi connectivity index (χ2v) is 9.93. The average molecular weight is 504 g/mol. The number of para-hydroxylation sites is 1. The summed E-state index contributed by atoms with van der Waals surface area (Å²) in [7, 11) is 1.83. The Kier molecular flexibility index (Phi) is 7.72. The fourth-order valence-corrected chi connectivity index (χ4v) is 5.21. The smallest absolute Gasteiger partial charge is 0.288 e. The summed E-state index contributed by atoms with van der Waals surface area (Å²) in [6.45, 7) is 0.253. The third-order valence-corrected chi connectivity index (χ3v) is 7.46. The van der Waals surface area contributed by atoms with Gasteiger partial charge in [-0.05, 0) is 42.2 Å². The normalized spacial score (nSPS) is 20.3. The molecule has 5 rings (SSSR count). The number of hydrogen-bond donors (Lipinski definition) is 1. The number of aliphatic hydroxyl groups is 1. The van der Waals surface area contributed by atoms with E-state index in [9.17, 15) is 14.7 Å². The van der Waals surface area contributed by atoms with E-state index in [1.165, 1.54) is 12.7 Å². The van der Waals surface area contributed by atoms with Gasteiger partial charge in [-0.2, -0.15) is 0 Å². The van der Waals surface area contributed by atoms with Gasteiger partial charge < -0.3 is 23.9 Å². The standard InChI is InChI=1S/C30H33NO6/c1-31(23-7-3-2-4-8-23)30(34)27-15-22(25-19-35-26-10-6-5-9-24(26)29(25)33)16-28(37-27)36-18-21-13-11-20(17-32)12-14-21/h5-6,9-15,19,22-23,28,32H,2-4,7-8,16-18H2,1H3/t22-,28+/m0/s1. The van der Waals surface area contributed by atoms with E-state index in [4.69, 9.17) is 13.9 Å². The fourth-order valence-electron chi connectivity index (χ4n) is 5.21. The highest BCUT2D eigenvalue weighted by molar-refractivity contribution is 5.92. The number of fused-ring (bicyclic) bond motifs is 1. The lowest BCUT2D eigenvalue weighted by Crippen LogP contribution is -2.41.